The second-order valence-electron chi connectivity index (χ2n) is 4.52. The van der Waals surface area contributed by atoms with Crippen LogP contribution < -0.4 is 4.74 Å². The summed E-state index contributed by atoms with van der Waals surface area (Å²) in [7, 11) is 0. The first-order valence-corrected chi connectivity index (χ1v) is 5.94. The molecule has 1 heterocycles. The third kappa shape index (κ3) is 2.34. The average molecular weight is 248 g/mol. The third-order valence-electron chi connectivity index (χ3n) is 2.91. The number of hydrogen-bond acceptors (Lipinski definition) is 4. The number of aromatic nitrogens is 2. The number of halogens is 1. The molecule has 0 spiro atoms. The molecule has 0 atom stereocenters. The summed E-state index contributed by atoms with van der Waals surface area (Å²) < 4.78 is 23.7. The Hall–Kier alpha value is -1.91. The van der Waals surface area contributed by atoms with E-state index < -0.39 is 0 Å². The molecular weight excluding hydrogens is 235 g/mol. The molecule has 0 aliphatic heterocycles. The summed E-state index contributed by atoms with van der Waals surface area (Å²) in [6, 6.07) is 4.62. The van der Waals surface area contributed by atoms with E-state index in [2.05, 4.69) is 10.1 Å². The summed E-state index contributed by atoms with van der Waals surface area (Å²) >= 11 is 0. The summed E-state index contributed by atoms with van der Waals surface area (Å²) in [5, 5.41) is 3.85. The fourth-order valence-corrected chi connectivity index (χ4v) is 1.68. The summed E-state index contributed by atoms with van der Waals surface area (Å²) in [6.45, 7) is 1.93. The zero-order chi connectivity index (χ0) is 12.5. The van der Waals surface area contributed by atoms with Crippen molar-refractivity contribution in [2.45, 2.75) is 32.3 Å². The molecule has 0 N–H and O–H groups in total. The van der Waals surface area contributed by atoms with Gasteiger partial charge in [0, 0.05) is 5.92 Å². The van der Waals surface area contributed by atoms with Gasteiger partial charge in [0.05, 0.1) is 0 Å². The van der Waals surface area contributed by atoms with E-state index in [0.717, 1.165) is 12.8 Å². The van der Waals surface area contributed by atoms with Crippen LogP contribution in [0.15, 0.2) is 22.7 Å². The largest absolute Gasteiger partial charge is 0.485 e. The van der Waals surface area contributed by atoms with Crippen molar-refractivity contribution in [3.05, 3.63) is 41.3 Å². The quantitative estimate of drug-likeness (QED) is 0.834. The summed E-state index contributed by atoms with van der Waals surface area (Å²) in [5.41, 5.74) is 0.555. The molecule has 0 unspecified atom stereocenters. The summed E-state index contributed by atoms with van der Waals surface area (Å²) in [5.74, 6) is 2.03. The minimum Gasteiger partial charge on any atom is -0.485 e. The van der Waals surface area contributed by atoms with E-state index in [4.69, 9.17) is 9.26 Å². The minimum atomic E-state index is -0.238. The van der Waals surface area contributed by atoms with Gasteiger partial charge in [0.25, 0.3) is 0 Å². The van der Waals surface area contributed by atoms with Gasteiger partial charge in [-0.05, 0) is 43.5 Å². The van der Waals surface area contributed by atoms with Crippen molar-refractivity contribution in [1.29, 1.82) is 0 Å². The molecule has 0 bridgehead atoms. The summed E-state index contributed by atoms with van der Waals surface area (Å²) in [6.07, 6.45) is 2.25. The Bertz CT molecular complexity index is 564. The lowest BCUT2D eigenvalue weighted by atomic mass is 10.2. The van der Waals surface area contributed by atoms with Crippen LogP contribution in [0.25, 0.3) is 0 Å². The van der Waals surface area contributed by atoms with Crippen LogP contribution in [-0.4, -0.2) is 10.1 Å². The van der Waals surface area contributed by atoms with Gasteiger partial charge in [-0.2, -0.15) is 4.98 Å². The lowest BCUT2D eigenvalue weighted by Crippen LogP contribution is -1.98. The lowest BCUT2D eigenvalue weighted by Gasteiger charge is -2.04. The number of ether oxygens (including phenoxy) is 1. The molecule has 0 amide bonds. The standard InChI is InChI=1S/C13H13FN2O2/c1-8-6-10(4-5-11(8)14)17-7-12-15-13(18-16-12)9-2-3-9/h4-6,9H,2-3,7H2,1H3. The molecular formula is C13H13FN2O2. The Labute approximate surface area is 104 Å². The van der Waals surface area contributed by atoms with E-state index >= 15 is 0 Å². The van der Waals surface area contributed by atoms with E-state index in [1.807, 2.05) is 0 Å². The van der Waals surface area contributed by atoms with Crippen LogP contribution in [-0.2, 0) is 6.61 Å². The van der Waals surface area contributed by atoms with Crippen LogP contribution in [0, 0.1) is 12.7 Å². The normalized spacial score (nSPS) is 14.8. The third-order valence-corrected chi connectivity index (χ3v) is 2.91. The van der Waals surface area contributed by atoms with Crippen LogP contribution in [0.4, 0.5) is 4.39 Å². The molecule has 0 radical (unpaired) electrons. The van der Waals surface area contributed by atoms with Gasteiger partial charge >= 0.3 is 0 Å². The number of rotatable bonds is 4. The Morgan fingerprint density at radius 1 is 1.44 bits per heavy atom. The van der Waals surface area contributed by atoms with Gasteiger partial charge in [0.2, 0.25) is 11.7 Å². The molecule has 0 saturated heterocycles. The van der Waals surface area contributed by atoms with Gasteiger partial charge in [-0.25, -0.2) is 4.39 Å². The minimum absolute atomic E-state index is 0.237. The Balaban J connectivity index is 1.63. The Morgan fingerprint density at radius 2 is 2.28 bits per heavy atom. The van der Waals surface area contributed by atoms with E-state index in [0.29, 0.717) is 28.9 Å². The highest BCUT2D eigenvalue weighted by Gasteiger charge is 2.29. The van der Waals surface area contributed by atoms with Crippen molar-refractivity contribution >= 4 is 0 Å². The first kappa shape index (κ1) is 11.2. The van der Waals surface area contributed by atoms with Gasteiger partial charge in [0.15, 0.2) is 6.61 Å². The van der Waals surface area contributed by atoms with Gasteiger partial charge in [0.1, 0.15) is 11.6 Å². The zero-order valence-corrected chi connectivity index (χ0v) is 10.0. The molecule has 1 aromatic heterocycles. The van der Waals surface area contributed by atoms with Gasteiger partial charge < -0.3 is 9.26 Å². The Morgan fingerprint density at radius 3 is 3.00 bits per heavy atom. The van der Waals surface area contributed by atoms with Gasteiger partial charge in [-0.1, -0.05) is 5.16 Å². The van der Waals surface area contributed by atoms with Gasteiger partial charge in [-0.15, -0.1) is 0 Å². The Kier molecular flexibility index (Phi) is 2.74. The number of nitrogens with zero attached hydrogens (tertiary/aromatic N) is 2. The molecule has 5 heteroatoms. The zero-order valence-electron chi connectivity index (χ0n) is 10.0. The van der Waals surface area contributed by atoms with Crippen molar-refractivity contribution in [2.24, 2.45) is 0 Å². The molecule has 1 aliphatic carbocycles. The molecule has 1 fully saturated rings. The van der Waals surface area contributed by atoms with Crippen LogP contribution in [0.3, 0.4) is 0 Å². The fraction of sp³-hybridized carbons (Fsp3) is 0.385. The first-order chi connectivity index (χ1) is 8.72. The van der Waals surface area contributed by atoms with Crippen molar-refractivity contribution < 1.29 is 13.7 Å². The molecule has 3 rings (SSSR count). The van der Waals surface area contributed by atoms with Crippen LogP contribution in [0.1, 0.15) is 36.0 Å². The second kappa shape index (κ2) is 4.40. The molecule has 2 aromatic rings. The van der Waals surface area contributed by atoms with E-state index in [9.17, 15) is 4.39 Å². The number of aryl methyl sites for hydroxylation is 1. The SMILES string of the molecule is Cc1cc(OCc2noc(C3CC3)n2)ccc1F. The average Bonchev–Trinajstić information content (AvgIpc) is 3.11. The topological polar surface area (TPSA) is 48.2 Å². The lowest BCUT2D eigenvalue weighted by molar-refractivity contribution is 0.284. The first-order valence-electron chi connectivity index (χ1n) is 5.94. The van der Waals surface area contributed by atoms with Crippen LogP contribution >= 0.6 is 0 Å². The van der Waals surface area contributed by atoms with Crippen molar-refractivity contribution in [3.8, 4) is 5.75 Å². The maximum atomic E-state index is 13.1. The highest BCUT2D eigenvalue weighted by molar-refractivity contribution is 5.28. The predicted octanol–water partition coefficient (Wildman–Crippen LogP) is 2.97. The predicted molar refractivity (Wildman–Crippen MR) is 61.7 cm³/mol. The maximum absolute atomic E-state index is 13.1. The molecule has 94 valence electrons. The van der Waals surface area contributed by atoms with E-state index in [-0.39, 0.29) is 12.4 Å². The number of hydrogen-bond donors (Lipinski definition) is 0. The van der Waals surface area contributed by atoms with Crippen molar-refractivity contribution in [3.63, 3.8) is 0 Å². The monoisotopic (exact) mass is 248 g/mol. The van der Waals surface area contributed by atoms with E-state index in [1.165, 1.54) is 6.07 Å². The van der Waals surface area contributed by atoms with Crippen molar-refractivity contribution in [2.75, 3.05) is 0 Å². The van der Waals surface area contributed by atoms with Crippen LogP contribution in [0.2, 0.25) is 0 Å². The van der Waals surface area contributed by atoms with Gasteiger partial charge in [-0.3, -0.25) is 0 Å². The molecule has 18 heavy (non-hydrogen) atoms. The highest BCUT2D eigenvalue weighted by atomic mass is 19.1. The number of benzene rings is 1. The molecule has 1 aromatic carbocycles. The smallest absolute Gasteiger partial charge is 0.229 e. The van der Waals surface area contributed by atoms with Crippen LogP contribution in [0.5, 0.6) is 5.75 Å². The molecule has 1 saturated carbocycles. The highest BCUT2D eigenvalue weighted by Crippen LogP contribution is 2.38. The maximum Gasteiger partial charge on any atom is 0.229 e. The van der Waals surface area contributed by atoms with E-state index in [1.54, 1.807) is 19.1 Å². The second-order valence-corrected chi connectivity index (χ2v) is 4.52. The molecule has 4 nitrogen and oxygen atoms in total. The molecule has 1 aliphatic rings. The summed E-state index contributed by atoms with van der Waals surface area (Å²) in [4.78, 5) is 4.25. The van der Waals surface area contributed by atoms with Crippen molar-refractivity contribution in [1.82, 2.24) is 10.1 Å². The fourth-order valence-electron chi connectivity index (χ4n) is 1.68.